The summed E-state index contributed by atoms with van der Waals surface area (Å²) in [6.45, 7) is 9.66. The summed E-state index contributed by atoms with van der Waals surface area (Å²) in [6, 6.07) is 12.0. The molecular formula is C22H37NO4. The molecule has 1 aromatic rings. The van der Waals surface area contributed by atoms with Crippen molar-refractivity contribution in [3.63, 3.8) is 0 Å². The van der Waals surface area contributed by atoms with Crippen LogP contribution < -0.4 is 0 Å². The molecule has 1 unspecified atom stereocenters. The Morgan fingerprint density at radius 2 is 1.41 bits per heavy atom. The summed E-state index contributed by atoms with van der Waals surface area (Å²) in [7, 11) is 1.28. The van der Waals surface area contributed by atoms with Crippen molar-refractivity contribution in [1.29, 1.82) is 0 Å². The molecule has 0 radical (unpaired) electrons. The quantitative estimate of drug-likeness (QED) is 0.285. The van der Waals surface area contributed by atoms with Gasteiger partial charge < -0.3 is 4.74 Å². The Balaban J connectivity index is 0. The molecule has 0 aliphatic rings. The number of rotatable bonds is 10. The van der Waals surface area contributed by atoms with Crippen LogP contribution in [-0.4, -0.2) is 24.4 Å². The fourth-order valence-electron chi connectivity index (χ4n) is 2.45. The number of unbranched alkanes of at least 4 members (excludes halogenated alkanes) is 1. The van der Waals surface area contributed by atoms with E-state index in [2.05, 4.69) is 9.91 Å². The minimum Gasteiger partial charge on any atom is -0.468 e. The van der Waals surface area contributed by atoms with Crippen molar-refractivity contribution in [1.82, 2.24) is 0 Å². The van der Waals surface area contributed by atoms with Crippen LogP contribution in [0.2, 0.25) is 0 Å². The van der Waals surface area contributed by atoms with Crippen molar-refractivity contribution in [3.05, 3.63) is 41.3 Å². The third-order valence-electron chi connectivity index (χ3n) is 4.40. The normalized spacial score (nSPS) is 11.0. The Labute approximate surface area is 164 Å². The lowest BCUT2D eigenvalue weighted by Crippen LogP contribution is -2.34. The van der Waals surface area contributed by atoms with E-state index in [1.807, 2.05) is 71.0 Å². The zero-order chi connectivity index (χ0) is 21.1. The number of carbonyl (C=O) groups excluding carboxylic acids is 2. The molecule has 0 aromatic heterocycles. The number of nitroso groups, excluding NO2 is 1. The Morgan fingerprint density at radius 3 is 1.70 bits per heavy atom. The topological polar surface area (TPSA) is 72.8 Å². The van der Waals surface area contributed by atoms with Gasteiger partial charge in [0.25, 0.3) is 0 Å². The number of methoxy groups -OCH3 is 1. The van der Waals surface area contributed by atoms with Crippen LogP contribution in [-0.2, 0) is 14.3 Å². The van der Waals surface area contributed by atoms with Crippen molar-refractivity contribution < 1.29 is 14.3 Å². The van der Waals surface area contributed by atoms with E-state index in [9.17, 15) is 14.5 Å². The van der Waals surface area contributed by atoms with Gasteiger partial charge in [-0.1, -0.05) is 89.0 Å². The van der Waals surface area contributed by atoms with Crippen LogP contribution in [0, 0.1) is 10.8 Å². The summed E-state index contributed by atoms with van der Waals surface area (Å²) >= 11 is 0. The van der Waals surface area contributed by atoms with E-state index in [1.165, 1.54) is 7.11 Å². The number of ether oxygens (including phenoxy) is 1. The Kier molecular flexibility index (Phi) is 17.5. The van der Waals surface area contributed by atoms with Gasteiger partial charge in [0.2, 0.25) is 0 Å². The molecule has 154 valence electrons. The molecular weight excluding hydrogens is 342 g/mol. The lowest BCUT2D eigenvalue weighted by molar-refractivity contribution is -0.150. The molecule has 0 heterocycles. The van der Waals surface area contributed by atoms with Crippen LogP contribution in [0.25, 0.3) is 0 Å². The van der Waals surface area contributed by atoms with Gasteiger partial charge in [-0.2, -0.15) is 4.91 Å². The minimum absolute atomic E-state index is 0.0208. The molecule has 5 heteroatoms. The molecule has 0 aliphatic carbocycles. The van der Waals surface area contributed by atoms with E-state index in [0.29, 0.717) is 19.3 Å². The van der Waals surface area contributed by atoms with Gasteiger partial charge in [0.05, 0.1) is 7.11 Å². The van der Waals surface area contributed by atoms with Gasteiger partial charge >= 0.3 is 5.97 Å². The lowest BCUT2D eigenvalue weighted by atomic mass is 9.83. The second-order valence-electron chi connectivity index (χ2n) is 6.04. The number of ketones is 1. The first-order valence-corrected chi connectivity index (χ1v) is 9.95. The number of hydrogen-bond acceptors (Lipinski definition) is 5. The average Bonchev–Trinajstić information content (AvgIpc) is 2.75. The highest BCUT2D eigenvalue weighted by molar-refractivity contribution is 5.99. The maximum Gasteiger partial charge on any atom is 0.316 e. The molecule has 0 saturated carbocycles. The van der Waals surface area contributed by atoms with Crippen molar-refractivity contribution in [2.75, 3.05) is 7.11 Å². The van der Waals surface area contributed by atoms with Crippen LogP contribution >= 0.6 is 0 Å². The van der Waals surface area contributed by atoms with E-state index < -0.39 is 17.4 Å². The monoisotopic (exact) mass is 379 g/mol. The molecule has 5 nitrogen and oxygen atoms in total. The maximum absolute atomic E-state index is 12.2. The maximum atomic E-state index is 12.2. The minimum atomic E-state index is -0.879. The third kappa shape index (κ3) is 11.3. The number of hydrogen-bond donors (Lipinski definition) is 0. The molecule has 27 heavy (non-hydrogen) atoms. The van der Waals surface area contributed by atoms with Gasteiger partial charge in [-0.3, -0.25) is 9.59 Å². The van der Waals surface area contributed by atoms with Crippen molar-refractivity contribution in [3.8, 4) is 0 Å². The first-order chi connectivity index (χ1) is 13.0. The molecule has 0 amide bonds. The van der Waals surface area contributed by atoms with Gasteiger partial charge in [-0.25, -0.2) is 0 Å². The highest BCUT2D eigenvalue weighted by Gasteiger charge is 2.36. The lowest BCUT2D eigenvalue weighted by Gasteiger charge is -2.24. The largest absolute Gasteiger partial charge is 0.468 e. The van der Waals surface area contributed by atoms with Gasteiger partial charge in [0.15, 0.2) is 0 Å². The Morgan fingerprint density at radius 1 is 0.963 bits per heavy atom. The molecule has 0 saturated heterocycles. The summed E-state index contributed by atoms with van der Waals surface area (Å²) in [4.78, 5) is 34.9. The summed E-state index contributed by atoms with van der Waals surface area (Å²) in [5, 5.41) is 3.12. The average molecular weight is 380 g/mol. The van der Waals surface area contributed by atoms with E-state index in [-0.39, 0.29) is 12.2 Å². The molecule has 1 rings (SSSR count). The highest BCUT2D eigenvalue weighted by Crippen LogP contribution is 2.27. The van der Waals surface area contributed by atoms with E-state index in [1.54, 1.807) is 0 Å². The van der Waals surface area contributed by atoms with Crippen LogP contribution in [0.3, 0.4) is 0 Å². The van der Waals surface area contributed by atoms with Crippen molar-refractivity contribution in [2.45, 2.75) is 78.7 Å². The first-order valence-electron chi connectivity index (χ1n) is 9.95. The Hall–Kier alpha value is -2.04. The molecule has 0 fully saturated rings. The molecule has 0 N–H and O–H groups in total. The van der Waals surface area contributed by atoms with Crippen LogP contribution in [0.15, 0.2) is 41.6 Å². The van der Waals surface area contributed by atoms with Gasteiger partial charge in [0.1, 0.15) is 17.2 Å². The molecule has 0 spiro atoms. The molecule has 0 aliphatic heterocycles. The van der Waals surface area contributed by atoms with Crippen molar-refractivity contribution >= 4 is 11.8 Å². The molecule has 1 atom stereocenters. The predicted octanol–water partition coefficient (Wildman–Crippen LogP) is 5.96. The number of benzene rings is 1. The zero-order valence-corrected chi connectivity index (χ0v) is 17.9. The number of Topliss-reactive ketones (excluding diaryl/α,β-unsaturated/α-hetero) is 1. The Bertz CT molecular complexity index is 472. The van der Waals surface area contributed by atoms with Crippen LogP contribution in [0.1, 0.15) is 73.1 Å². The second-order valence-corrected chi connectivity index (χ2v) is 6.04. The second kappa shape index (κ2) is 17.4. The zero-order valence-electron chi connectivity index (χ0n) is 17.9. The fourth-order valence-corrected chi connectivity index (χ4v) is 2.45. The van der Waals surface area contributed by atoms with Gasteiger partial charge in [-0.15, -0.1) is 0 Å². The fraction of sp³-hybridized carbons (Fsp3) is 0.636. The highest BCUT2D eigenvalue weighted by atomic mass is 16.5. The standard InChI is InChI=1S/C14H25NO4.C6H6.C2H6/c1-5-8-9-11(13(17)19-4)12(16)10-14(6-2,7-3)15-18;1-2-4-6-5-3-1;1-2/h11H,5-10H2,1-4H3;1-6H;1-2H3. The third-order valence-corrected chi connectivity index (χ3v) is 4.40. The SMILES string of the molecule is CC.CCCCC(C(=O)CC(CC)(CC)N=O)C(=O)OC.c1ccccc1. The predicted molar refractivity (Wildman–Crippen MR) is 112 cm³/mol. The molecule has 0 bridgehead atoms. The van der Waals surface area contributed by atoms with E-state index in [4.69, 9.17) is 0 Å². The number of esters is 1. The smallest absolute Gasteiger partial charge is 0.316 e. The summed E-state index contributed by atoms with van der Waals surface area (Å²) < 4.78 is 4.68. The summed E-state index contributed by atoms with van der Waals surface area (Å²) in [5.41, 5.74) is -0.879. The van der Waals surface area contributed by atoms with Crippen LogP contribution in [0.4, 0.5) is 0 Å². The van der Waals surface area contributed by atoms with E-state index in [0.717, 1.165) is 12.8 Å². The van der Waals surface area contributed by atoms with Crippen LogP contribution in [0.5, 0.6) is 0 Å². The van der Waals surface area contributed by atoms with Gasteiger partial charge in [-0.05, 0) is 19.3 Å². The first kappa shape index (κ1) is 27.2. The van der Waals surface area contributed by atoms with Crippen molar-refractivity contribution in [2.24, 2.45) is 11.1 Å². The number of carbonyl (C=O) groups is 2. The molecule has 1 aromatic carbocycles. The summed E-state index contributed by atoms with van der Waals surface area (Å²) in [6.07, 6.45) is 3.18. The summed E-state index contributed by atoms with van der Waals surface area (Å²) in [5.74, 6) is -1.50. The van der Waals surface area contributed by atoms with Gasteiger partial charge in [0, 0.05) is 6.42 Å². The number of nitrogens with zero attached hydrogens (tertiary/aromatic N) is 1. The van der Waals surface area contributed by atoms with E-state index >= 15 is 0 Å².